The van der Waals surface area contributed by atoms with E-state index in [1.54, 1.807) is 13.4 Å². The van der Waals surface area contributed by atoms with Gasteiger partial charge in [0.15, 0.2) is 0 Å². The lowest BCUT2D eigenvalue weighted by Gasteiger charge is -2.17. The Kier molecular flexibility index (Phi) is 6.16. The second-order valence-electron chi connectivity index (χ2n) is 6.36. The average Bonchev–Trinajstić information content (AvgIpc) is 3.09. The fraction of sp³-hybridized carbons (Fsp3) is 0.250. The summed E-state index contributed by atoms with van der Waals surface area (Å²) >= 11 is 0. The zero-order valence-corrected chi connectivity index (χ0v) is 15.1. The number of aryl methyl sites for hydroxylation is 1. The summed E-state index contributed by atoms with van der Waals surface area (Å²) in [6.45, 7) is 0. The number of benzene rings is 2. The molecule has 1 heterocycles. The molecule has 1 unspecified atom stereocenters. The lowest BCUT2D eigenvalue weighted by atomic mass is 9.76. The zero-order valence-electron chi connectivity index (χ0n) is 15.1. The molecule has 7 heteroatoms. The minimum atomic E-state index is -1.67. The van der Waals surface area contributed by atoms with Gasteiger partial charge in [0.1, 0.15) is 11.3 Å². The smallest absolute Gasteiger partial charge is 0.475 e. The zero-order chi connectivity index (χ0) is 19.2. The van der Waals surface area contributed by atoms with Gasteiger partial charge in [-0.05, 0) is 36.1 Å². The quantitative estimate of drug-likeness (QED) is 0.531. The highest BCUT2D eigenvalue weighted by molar-refractivity contribution is 6.43. The van der Waals surface area contributed by atoms with Crippen molar-refractivity contribution < 1.29 is 24.0 Å². The Labute approximate surface area is 157 Å². The first kappa shape index (κ1) is 19.0. The van der Waals surface area contributed by atoms with Crippen molar-refractivity contribution >= 4 is 24.0 Å². The third-order valence-corrected chi connectivity index (χ3v) is 4.52. The number of nitrogens with one attached hydrogen (secondary N) is 1. The third-order valence-electron chi connectivity index (χ3n) is 4.52. The molecule has 1 amide bonds. The van der Waals surface area contributed by atoms with Crippen LogP contribution in [-0.4, -0.2) is 36.1 Å². The molecule has 27 heavy (non-hydrogen) atoms. The van der Waals surface area contributed by atoms with E-state index in [1.165, 1.54) is 0 Å². The Morgan fingerprint density at radius 2 is 1.89 bits per heavy atom. The molecule has 1 atom stereocenters. The summed E-state index contributed by atoms with van der Waals surface area (Å²) in [5.74, 6) is -0.350. The van der Waals surface area contributed by atoms with Gasteiger partial charge in [0, 0.05) is 11.8 Å². The molecule has 0 aliphatic carbocycles. The lowest BCUT2D eigenvalue weighted by Crippen LogP contribution is -2.47. The Bertz CT molecular complexity index is 908. The van der Waals surface area contributed by atoms with Gasteiger partial charge in [-0.15, -0.1) is 0 Å². The molecule has 3 rings (SSSR count). The monoisotopic (exact) mass is 367 g/mol. The van der Waals surface area contributed by atoms with Gasteiger partial charge in [-0.2, -0.15) is 0 Å². The van der Waals surface area contributed by atoms with Gasteiger partial charge in [-0.3, -0.25) is 4.79 Å². The topological polar surface area (TPSA) is 91.9 Å². The molecule has 0 radical (unpaired) electrons. The molecule has 0 fully saturated rings. The number of hydrogen-bond donors (Lipinski definition) is 3. The first-order valence-corrected chi connectivity index (χ1v) is 8.81. The van der Waals surface area contributed by atoms with Gasteiger partial charge in [0.2, 0.25) is 5.91 Å². The van der Waals surface area contributed by atoms with Crippen molar-refractivity contribution in [2.75, 3.05) is 7.11 Å². The van der Waals surface area contributed by atoms with Crippen molar-refractivity contribution in [3.8, 4) is 5.75 Å². The second kappa shape index (κ2) is 8.75. The summed E-state index contributed by atoms with van der Waals surface area (Å²) < 4.78 is 10.8. The lowest BCUT2D eigenvalue weighted by molar-refractivity contribution is -0.121. The number of para-hydroxylation sites is 2. The molecule has 3 N–H and O–H groups in total. The second-order valence-corrected chi connectivity index (χ2v) is 6.36. The van der Waals surface area contributed by atoms with Crippen LogP contribution in [0.25, 0.3) is 11.0 Å². The number of furan rings is 1. The number of fused-ring (bicyclic) bond motifs is 1. The van der Waals surface area contributed by atoms with Crippen LogP contribution in [0, 0.1) is 0 Å². The van der Waals surface area contributed by atoms with E-state index in [0.717, 1.165) is 27.8 Å². The number of rotatable bonds is 8. The molecule has 140 valence electrons. The standard InChI is InChI=1S/C20H22BNO5/c1-26-17-8-4-2-6-14(17)10-11-20(23)22-19(21(24)25)12-15-13-27-18-9-5-3-7-16(15)18/h2-9,13,19,24-25H,10-12H2,1H3,(H,22,23). The molecule has 1 aromatic heterocycles. The van der Waals surface area contributed by atoms with E-state index >= 15 is 0 Å². The molecular weight excluding hydrogens is 345 g/mol. The number of carbonyl (C=O) groups excluding carboxylic acids is 1. The van der Waals surface area contributed by atoms with E-state index in [1.807, 2.05) is 48.5 Å². The molecule has 2 aromatic carbocycles. The van der Waals surface area contributed by atoms with Crippen molar-refractivity contribution in [2.24, 2.45) is 0 Å². The van der Waals surface area contributed by atoms with Gasteiger partial charge < -0.3 is 24.5 Å². The highest BCUT2D eigenvalue weighted by atomic mass is 16.5. The third kappa shape index (κ3) is 4.70. The minimum absolute atomic E-state index is 0.218. The fourth-order valence-corrected chi connectivity index (χ4v) is 3.10. The number of hydrogen-bond acceptors (Lipinski definition) is 5. The summed E-state index contributed by atoms with van der Waals surface area (Å²) in [6, 6.07) is 15.0. The highest BCUT2D eigenvalue weighted by Crippen LogP contribution is 2.22. The predicted octanol–water partition coefficient (Wildman–Crippen LogP) is 2.11. The predicted molar refractivity (Wildman–Crippen MR) is 103 cm³/mol. The Balaban J connectivity index is 1.63. The Morgan fingerprint density at radius 1 is 1.15 bits per heavy atom. The van der Waals surface area contributed by atoms with Crippen LogP contribution in [0.2, 0.25) is 0 Å². The molecule has 0 spiro atoms. The first-order valence-electron chi connectivity index (χ1n) is 8.81. The molecule has 0 bridgehead atoms. The Morgan fingerprint density at radius 3 is 2.67 bits per heavy atom. The maximum Gasteiger partial charge on any atom is 0.475 e. The highest BCUT2D eigenvalue weighted by Gasteiger charge is 2.26. The SMILES string of the molecule is COc1ccccc1CCC(=O)NC(Cc1coc2ccccc12)B(O)O. The average molecular weight is 367 g/mol. The maximum absolute atomic E-state index is 12.3. The summed E-state index contributed by atoms with van der Waals surface area (Å²) in [7, 11) is -0.0828. The van der Waals surface area contributed by atoms with Crippen molar-refractivity contribution in [1.82, 2.24) is 5.32 Å². The van der Waals surface area contributed by atoms with Crippen LogP contribution in [-0.2, 0) is 17.6 Å². The number of carbonyl (C=O) groups is 1. The van der Waals surface area contributed by atoms with Gasteiger partial charge in [-0.1, -0.05) is 36.4 Å². The number of amides is 1. The normalized spacial score (nSPS) is 12.0. The van der Waals surface area contributed by atoms with E-state index in [4.69, 9.17) is 9.15 Å². The van der Waals surface area contributed by atoms with Crippen LogP contribution in [0.3, 0.4) is 0 Å². The van der Waals surface area contributed by atoms with Gasteiger partial charge in [0.25, 0.3) is 0 Å². The molecule has 6 nitrogen and oxygen atoms in total. The molecule has 0 saturated carbocycles. The van der Waals surface area contributed by atoms with Crippen LogP contribution < -0.4 is 10.1 Å². The van der Waals surface area contributed by atoms with Gasteiger partial charge >= 0.3 is 7.12 Å². The number of methoxy groups -OCH3 is 1. The van der Waals surface area contributed by atoms with E-state index in [0.29, 0.717) is 6.42 Å². The molecule has 3 aromatic rings. The van der Waals surface area contributed by atoms with E-state index in [-0.39, 0.29) is 18.7 Å². The summed E-state index contributed by atoms with van der Waals surface area (Å²) in [4.78, 5) is 12.3. The summed E-state index contributed by atoms with van der Waals surface area (Å²) in [6.07, 6.45) is 2.56. The summed E-state index contributed by atoms with van der Waals surface area (Å²) in [5, 5.41) is 23.0. The van der Waals surface area contributed by atoms with Crippen LogP contribution in [0.5, 0.6) is 5.75 Å². The molecule has 0 saturated heterocycles. The van der Waals surface area contributed by atoms with Crippen LogP contribution in [0.1, 0.15) is 17.5 Å². The minimum Gasteiger partial charge on any atom is -0.496 e. The summed E-state index contributed by atoms with van der Waals surface area (Å²) in [5.41, 5.74) is 2.46. The largest absolute Gasteiger partial charge is 0.496 e. The van der Waals surface area contributed by atoms with Gasteiger partial charge in [-0.25, -0.2) is 0 Å². The van der Waals surface area contributed by atoms with E-state index in [2.05, 4.69) is 5.32 Å². The van der Waals surface area contributed by atoms with Gasteiger partial charge in [0.05, 0.1) is 19.3 Å². The Hall–Kier alpha value is -2.77. The van der Waals surface area contributed by atoms with Crippen molar-refractivity contribution in [1.29, 1.82) is 0 Å². The van der Waals surface area contributed by atoms with E-state index in [9.17, 15) is 14.8 Å². The van der Waals surface area contributed by atoms with Crippen molar-refractivity contribution in [3.63, 3.8) is 0 Å². The van der Waals surface area contributed by atoms with E-state index < -0.39 is 13.1 Å². The maximum atomic E-state index is 12.3. The van der Waals surface area contributed by atoms with Crippen LogP contribution >= 0.6 is 0 Å². The molecular formula is C20H22BNO5. The van der Waals surface area contributed by atoms with Crippen molar-refractivity contribution in [2.45, 2.75) is 25.2 Å². The number of ether oxygens (including phenoxy) is 1. The van der Waals surface area contributed by atoms with Crippen molar-refractivity contribution in [3.05, 3.63) is 65.9 Å². The first-order chi connectivity index (χ1) is 13.1. The van der Waals surface area contributed by atoms with Crippen LogP contribution in [0.15, 0.2) is 59.2 Å². The molecule has 0 aliphatic heterocycles. The fourth-order valence-electron chi connectivity index (χ4n) is 3.10. The van der Waals surface area contributed by atoms with Crippen LogP contribution in [0.4, 0.5) is 0 Å². The molecule has 0 aliphatic rings.